The van der Waals surface area contributed by atoms with Crippen LogP contribution in [0.3, 0.4) is 0 Å². The Hall–Kier alpha value is -1.43. The maximum Gasteiger partial charge on any atom is 0.303 e. The summed E-state index contributed by atoms with van der Waals surface area (Å²) in [5.74, 6) is -0.916. The Morgan fingerprint density at radius 3 is 2.29 bits per heavy atom. The van der Waals surface area contributed by atoms with Gasteiger partial charge in [-0.05, 0) is 57.3 Å². The molecule has 2 amide bonds. The minimum absolute atomic E-state index is 0.0696. The molecule has 0 aliphatic heterocycles. The van der Waals surface area contributed by atoms with Gasteiger partial charge in [-0.15, -0.1) is 0 Å². The van der Waals surface area contributed by atoms with Gasteiger partial charge in [0.15, 0.2) is 0 Å². The summed E-state index contributed by atoms with van der Waals surface area (Å²) in [6.07, 6.45) is 8.39. The molecule has 136 valence electrons. The number of carbonyl (C=O) groups is 3. The van der Waals surface area contributed by atoms with Crippen molar-refractivity contribution >= 4 is 18.3 Å². The Labute approximate surface area is 143 Å². The van der Waals surface area contributed by atoms with Gasteiger partial charge in [-0.3, -0.25) is 19.3 Å². The van der Waals surface area contributed by atoms with Gasteiger partial charge in [0.1, 0.15) is 0 Å². The van der Waals surface area contributed by atoms with Gasteiger partial charge in [0.05, 0.1) is 12.0 Å². The van der Waals surface area contributed by atoms with Gasteiger partial charge in [-0.25, -0.2) is 0 Å². The third-order valence-electron chi connectivity index (χ3n) is 5.63. The van der Waals surface area contributed by atoms with E-state index in [2.05, 4.69) is 0 Å². The summed E-state index contributed by atoms with van der Waals surface area (Å²) < 4.78 is 0. The second-order valence-corrected chi connectivity index (χ2v) is 7.27. The number of hydrogen-bond donors (Lipinski definition) is 2. The van der Waals surface area contributed by atoms with Crippen LogP contribution in [0.2, 0.25) is 0 Å². The number of imide groups is 1. The highest BCUT2D eigenvalue weighted by molar-refractivity contribution is 5.88. The number of aliphatic hydroxyl groups excluding tert-OH is 1. The lowest BCUT2D eigenvalue weighted by atomic mass is 9.81. The molecule has 0 heterocycles. The molecule has 6 nitrogen and oxygen atoms in total. The van der Waals surface area contributed by atoms with Crippen molar-refractivity contribution in [3.8, 4) is 0 Å². The molecule has 2 unspecified atom stereocenters. The van der Waals surface area contributed by atoms with Crippen LogP contribution in [0.1, 0.15) is 70.6 Å². The number of aliphatic hydroxyl groups is 1. The zero-order valence-corrected chi connectivity index (χ0v) is 14.2. The van der Waals surface area contributed by atoms with E-state index >= 15 is 0 Å². The molecule has 0 spiro atoms. The van der Waals surface area contributed by atoms with Gasteiger partial charge in [0.2, 0.25) is 12.3 Å². The first-order valence-electron chi connectivity index (χ1n) is 9.20. The Morgan fingerprint density at radius 2 is 1.71 bits per heavy atom. The normalized spacial score (nSPS) is 30.5. The van der Waals surface area contributed by atoms with E-state index in [4.69, 9.17) is 5.11 Å². The van der Waals surface area contributed by atoms with Gasteiger partial charge in [-0.2, -0.15) is 0 Å². The van der Waals surface area contributed by atoms with Gasteiger partial charge in [-0.1, -0.05) is 12.8 Å². The minimum atomic E-state index is -0.757. The Balaban J connectivity index is 1.83. The summed E-state index contributed by atoms with van der Waals surface area (Å²) >= 11 is 0. The third kappa shape index (κ3) is 5.03. The standard InChI is InChI=1S/C18H29NO5/c20-12-19(18(24)15-5-1-2-6-16(15)21)14-10-8-13(9-11-14)4-3-7-17(22)23/h12-16,21H,1-11H2,(H,22,23). The van der Waals surface area contributed by atoms with Crippen LogP contribution in [0.25, 0.3) is 0 Å². The zero-order valence-electron chi connectivity index (χ0n) is 14.2. The molecule has 0 bridgehead atoms. The Kier molecular flexibility index (Phi) is 7.21. The van der Waals surface area contributed by atoms with Crippen LogP contribution in [0.5, 0.6) is 0 Å². The summed E-state index contributed by atoms with van der Waals surface area (Å²) in [4.78, 5) is 36.0. The Morgan fingerprint density at radius 1 is 1.04 bits per heavy atom. The number of hydrogen-bond acceptors (Lipinski definition) is 4. The van der Waals surface area contributed by atoms with Crippen LogP contribution >= 0.6 is 0 Å². The van der Waals surface area contributed by atoms with Gasteiger partial charge < -0.3 is 10.2 Å². The van der Waals surface area contributed by atoms with E-state index in [1.165, 1.54) is 4.90 Å². The van der Waals surface area contributed by atoms with Crippen molar-refractivity contribution in [1.29, 1.82) is 0 Å². The van der Waals surface area contributed by atoms with E-state index < -0.39 is 18.0 Å². The minimum Gasteiger partial charge on any atom is -0.481 e. The number of carboxylic acid groups (broad SMARTS) is 1. The summed E-state index contributed by atoms with van der Waals surface area (Å²) in [6, 6.07) is -0.0696. The number of aliphatic carboxylic acids is 1. The molecule has 2 aliphatic rings. The Bertz CT molecular complexity index is 445. The van der Waals surface area contributed by atoms with Crippen molar-refractivity contribution in [1.82, 2.24) is 4.90 Å². The predicted octanol–water partition coefficient (Wildman–Crippen LogP) is 2.34. The summed E-state index contributed by atoms with van der Waals surface area (Å²) in [5.41, 5.74) is 0. The molecule has 0 aromatic rings. The lowest BCUT2D eigenvalue weighted by molar-refractivity contribution is -0.149. The van der Waals surface area contributed by atoms with E-state index in [0.717, 1.165) is 44.9 Å². The van der Waals surface area contributed by atoms with Gasteiger partial charge >= 0.3 is 5.97 Å². The number of amides is 2. The van der Waals surface area contributed by atoms with E-state index in [9.17, 15) is 19.5 Å². The van der Waals surface area contributed by atoms with Crippen LogP contribution in [-0.4, -0.2) is 45.5 Å². The average molecular weight is 339 g/mol. The van der Waals surface area contributed by atoms with Crippen molar-refractivity contribution in [2.24, 2.45) is 11.8 Å². The molecule has 2 rings (SSSR count). The van der Waals surface area contributed by atoms with E-state index in [1.807, 2.05) is 0 Å². The molecule has 2 aliphatic carbocycles. The van der Waals surface area contributed by atoms with Crippen LogP contribution in [-0.2, 0) is 14.4 Å². The largest absolute Gasteiger partial charge is 0.481 e. The summed E-state index contributed by atoms with van der Waals surface area (Å²) in [5, 5.41) is 18.7. The fourth-order valence-corrected chi connectivity index (χ4v) is 4.16. The smallest absolute Gasteiger partial charge is 0.303 e. The van der Waals surface area contributed by atoms with Crippen molar-refractivity contribution in [2.75, 3.05) is 0 Å². The average Bonchev–Trinajstić information content (AvgIpc) is 2.57. The van der Waals surface area contributed by atoms with Crippen LogP contribution in [0, 0.1) is 11.8 Å². The van der Waals surface area contributed by atoms with Crippen molar-refractivity contribution < 1.29 is 24.6 Å². The third-order valence-corrected chi connectivity index (χ3v) is 5.63. The molecule has 2 atom stereocenters. The molecule has 0 aromatic heterocycles. The number of carboxylic acids is 1. The van der Waals surface area contributed by atoms with Crippen LogP contribution in [0.15, 0.2) is 0 Å². The second kappa shape index (κ2) is 9.16. The number of rotatable bonds is 7. The first-order chi connectivity index (χ1) is 11.5. The summed E-state index contributed by atoms with van der Waals surface area (Å²) in [7, 11) is 0. The molecule has 0 aromatic carbocycles. The van der Waals surface area contributed by atoms with Gasteiger partial charge in [0, 0.05) is 12.5 Å². The molecule has 2 N–H and O–H groups in total. The second-order valence-electron chi connectivity index (χ2n) is 7.27. The maximum absolute atomic E-state index is 12.6. The summed E-state index contributed by atoms with van der Waals surface area (Å²) in [6.45, 7) is 0. The van der Waals surface area contributed by atoms with E-state index in [0.29, 0.717) is 31.6 Å². The molecule has 2 saturated carbocycles. The SMILES string of the molecule is O=CN(C(=O)C1CCCCC1O)C1CCC(CCCC(=O)O)CC1. The van der Waals surface area contributed by atoms with E-state index in [-0.39, 0.29) is 18.4 Å². The first kappa shape index (κ1) is 18.9. The molecule has 0 radical (unpaired) electrons. The quantitative estimate of drug-likeness (QED) is 0.694. The van der Waals surface area contributed by atoms with Crippen LogP contribution < -0.4 is 0 Å². The number of carbonyl (C=O) groups excluding carboxylic acids is 2. The molecular weight excluding hydrogens is 310 g/mol. The van der Waals surface area contributed by atoms with Gasteiger partial charge in [0.25, 0.3) is 0 Å². The molecular formula is C18H29NO5. The first-order valence-corrected chi connectivity index (χ1v) is 9.20. The molecule has 0 saturated heterocycles. The van der Waals surface area contributed by atoms with E-state index in [1.54, 1.807) is 0 Å². The highest BCUT2D eigenvalue weighted by Crippen LogP contribution is 2.33. The topological polar surface area (TPSA) is 94.9 Å². The molecule has 24 heavy (non-hydrogen) atoms. The van der Waals surface area contributed by atoms with Crippen LogP contribution in [0.4, 0.5) is 0 Å². The predicted molar refractivity (Wildman–Crippen MR) is 88.1 cm³/mol. The highest BCUT2D eigenvalue weighted by Gasteiger charge is 2.36. The molecule has 2 fully saturated rings. The fraction of sp³-hybridized carbons (Fsp3) is 0.833. The lowest BCUT2D eigenvalue weighted by Gasteiger charge is -2.37. The molecule has 6 heteroatoms. The van der Waals surface area contributed by atoms with Crippen molar-refractivity contribution in [3.05, 3.63) is 0 Å². The number of nitrogens with zero attached hydrogens (tertiary/aromatic N) is 1. The maximum atomic E-state index is 12.6. The monoisotopic (exact) mass is 339 g/mol. The van der Waals surface area contributed by atoms with Crippen molar-refractivity contribution in [3.63, 3.8) is 0 Å². The zero-order chi connectivity index (χ0) is 17.5. The lowest BCUT2D eigenvalue weighted by Crippen LogP contribution is -2.47. The highest BCUT2D eigenvalue weighted by atomic mass is 16.4. The fourth-order valence-electron chi connectivity index (χ4n) is 4.16. The van der Waals surface area contributed by atoms with Crippen molar-refractivity contribution in [2.45, 2.75) is 82.8 Å².